The number of nitrogens with zero attached hydrogens (tertiary/aromatic N) is 2. The van der Waals surface area contributed by atoms with Crippen LogP contribution in [0.4, 0.5) is 10.5 Å². The Morgan fingerprint density at radius 2 is 1.92 bits per heavy atom. The maximum absolute atomic E-state index is 12.5. The third-order valence-corrected chi connectivity index (χ3v) is 5.82. The van der Waals surface area contributed by atoms with Crippen LogP contribution in [0.15, 0.2) is 41.8 Å². The van der Waals surface area contributed by atoms with Crippen LogP contribution in [0.2, 0.25) is 0 Å². The second kappa shape index (κ2) is 8.66. The molecule has 1 aliphatic rings. The number of likely N-dealkylation sites (N-methyl/N-ethyl adjacent to an activating group) is 1. The highest BCUT2D eigenvalue weighted by molar-refractivity contribution is 7.10. The highest BCUT2D eigenvalue weighted by Crippen LogP contribution is 2.29. The van der Waals surface area contributed by atoms with Gasteiger partial charge >= 0.3 is 6.03 Å². The Kier molecular flexibility index (Phi) is 6.29. The minimum absolute atomic E-state index is 0.0156. The number of carbonyl (C=O) groups is 1. The van der Waals surface area contributed by atoms with Crippen molar-refractivity contribution in [2.45, 2.75) is 25.9 Å². The molecule has 2 heterocycles. The van der Waals surface area contributed by atoms with E-state index in [4.69, 9.17) is 0 Å². The fourth-order valence-electron chi connectivity index (χ4n) is 3.48. The minimum Gasteiger partial charge on any atom is -0.333 e. The van der Waals surface area contributed by atoms with Crippen molar-refractivity contribution in [3.8, 4) is 0 Å². The van der Waals surface area contributed by atoms with E-state index in [2.05, 4.69) is 51.9 Å². The molecule has 1 aromatic carbocycles. The molecular weight excluding hydrogens is 344 g/mol. The molecule has 2 atom stereocenters. The Bertz CT molecular complexity index is 710. The van der Waals surface area contributed by atoms with Gasteiger partial charge in [0.25, 0.3) is 0 Å². The minimum atomic E-state index is -0.154. The zero-order chi connectivity index (χ0) is 18.5. The summed E-state index contributed by atoms with van der Waals surface area (Å²) in [7, 11) is 2.16. The number of piperazine rings is 1. The predicted octanol–water partition coefficient (Wildman–Crippen LogP) is 3.56. The van der Waals surface area contributed by atoms with E-state index >= 15 is 0 Å². The molecule has 3 rings (SSSR count). The number of anilines is 1. The average Bonchev–Trinajstić information content (AvgIpc) is 3.11. The summed E-state index contributed by atoms with van der Waals surface area (Å²) in [5, 5.41) is 8.21. The lowest BCUT2D eigenvalue weighted by molar-refractivity contribution is 0.0971. The van der Waals surface area contributed by atoms with Crippen molar-refractivity contribution in [2.24, 2.45) is 0 Å². The van der Waals surface area contributed by atoms with Gasteiger partial charge in [-0.25, -0.2) is 4.79 Å². The highest BCUT2D eigenvalue weighted by atomic mass is 32.1. The first-order chi connectivity index (χ1) is 12.5. The second-order valence-electron chi connectivity index (χ2n) is 7.06. The summed E-state index contributed by atoms with van der Waals surface area (Å²) < 4.78 is 0. The zero-order valence-electron chi connectivity index (χ0n) is 15.7. The SMILES string of the molecule is Cc1cccc(NC(=O)N[C@H](C)[C@H](c2cccs2)N2CCN(C)CC2)c1. The maximum Gasteiger partial charge on any atom is 0.319 e. The zero-order valence-corrected chi connectivity index (χ0v) is 16.6. The smallest absolute Gasteiger partial charge is 0.319 e. The van der Waals surface area contributed by atoms with Crippen LogP contribution >= 0.6 is 11.3 Å². The first kappa shape index (κ1) is 18.9. The molecule has 0 radical (unpaired) electrons. The van der Waals surface area contributed by atoms with Gasteiger partial charge < -0.3 is 15.5 Å². The van der Waals surface area contributed by atoms with Gasteiger partial charge in [0.15, 0.2) is 0 Å². The summed E-state index contributed by atoms with van der Waals surface area (Å²) in [6.07, 6.45) is 0. The van der Waals surface area contributed by atoms with Gasteiger partial charge in [-0.15, -0.1) is 11.3 Å². The van der Waals surface area contributed by atoms with Crippen LogP contribution in [0.5, 0.6) is 0 Å². The molecule has 6 heteroatoms. The fourth-order valence-corrected chi connectivity index (χ4v) is 4.44. The fraction of sp³-hybridized carbons (Fsp3) is 0.450. The van der Waals surface area contributed by atoms with Crippen LogP contribution in [0.1, 0.15) is 23.4 Å². The molecule has 0 unspecified atom stereocenters. The molecule has 140 valence electrons. The van der Waals surface area contributed by atoms with Crippen LogP contribution in [-0.2, 0) is 0 Å². The molecule has 5 nitrogen and oxygen atoms in total. The van der Waals surface area contributed by atoms with Crippen molar-refractivity contribution < 1.29 is 4.79 Å². The van der Waals surface area contributed by atoms with Gasteiger partial charge in [0.1, 0.15) is 0 Å². The van der Waals surface area contributed by atoms with Gasteiger partial charge in [0.2, 0.25) is 0 Å². The van der Waals surface area contributed by atoms with Gasteiger partial charge in [0, 0.05) is 42.8 Å². The maximum atomic E-state index is 12.5. The molecule has 0 aliphatic carbocycles. The molecule has 1 fully saturated rings. The van der Waals surface area contributed by atoms with Crippen molar-refractivity contribution >= 4 is 23.1 Å². The Morgan fingerprint density at radius 1 is 1.15 bits per heavy atom. The lowest BCUT2D eigenvalue weighted by atomic mass is 10.1. The first-order valence-corrected chi connectivity index (χ1v) is 10.0. The third kappa shape index (κ3) is 4.84. The molecule has 26 heavy (non-hydrogen) atoms. The number of thiophene rings is 1. The van der Waals surface area contributed by atoms with Crippen molar-refractivity contribution in [3.05, 3.63) is 52.2 Å². The topological polar surface area (TPSA) is 47.6 Å². The summed E-state index contributed by atoms with van der Waals surface area (Å²) in [6, 6.07) is 12.2. The highest BCUT2D eigenvalue weighted by Gasteiger charge is 2.30. The number of hydrogen-bond acceptors (Lipinski definition) is 4. The monoisotopic (exact) mass is 372 g/mol. The first-order valence-electron chi connectivity index (χ1n) is 9.13. The van der Waals surface area contributed by atoms with E-state index in [1.54, 1.807) is 11.3 Å². The molecular formula is C20H28N4OS. The van der Waals surface area contributed by atoms with Gasteiger partial charge in [-0.05, 0) is 50.0 Å². The van der Waals surface area contributed by atoms with Crippen LogP contribution in [0, 0.1) is 6.92 Å². The normalized spacial score (nSPS) is 18.3. The van der Waals surface area contributed by atoms with Crippen molar-refractivity contribution in [1.82, 2.24) is 15.1 Å². The Hall–Kier alpha value is -1.89. The molecule has 0 saturated carbocycles. The largest absolute Gasteiger partial charge is 0.333 e. The van der Waals surface area contributed by atoms with E-state index in [9.17, 15) is 4.79 Å². The quantitative estimate of drug-likeness (QED) is 0.844. The Morgan fingerprint density at radius 3 is 2.58 bits per heavy atom. The second-order valence-corrected chi connectivity index (χ2v) is 8.04. The van der Waals surface area contributed by atoms with Crippen molar-refractivity contribution in [3.63, 3.8) is 0 Å². The van der Waals surface area contributed by atoms with E-state index < -0.39 is 0 Å². The molecule has 2 aromatic rings. The van der Waals surface area contributed by atoms with Crippen LogP contribution in [-0.4, -0.2) is 55.1 Å². The van der Waals surface area contributed by atoms with E-state index in [1.807, 2.05) is 31.2 Å². The molecule has 0 spiro atoms. The summed E-state index contributed by atoms with van der Waals surface area (Å²) >= 11 is 1.76. The number of carbonyl (C=O) groups excluding carboxylic acids is 1. The molecule has 0 bridgehead atoms. The number of rotatable bonds is 5. The molecule has 1 aliphatic heterocycles. The van der Waals surface area contributed by atoms with Gasteiger partial charge in [-0.2, -0.15) is 0 Å². The number of nitrogens with one attached hydrogen (secondary N) is 2. The molecule has 1 aromatic heterocycles. The van der Waals surface area contributed by atoms with E-state index in [0.29, 0.717) is 0 Å². The van der Waals surface area contributed by atoms with Crippen LogP contribution < -0.4 is 10.6 Å². The lowest BCUT2D eigenvalue weighted by Crippen LogP contribution is -2.51. The predicted molar refractivity (Wildman–Crippen MR) is 109 cm³/mol. The Labute approximate surface area is 160 Å². The lowest BCUT2D eigenvalue weighted by Gasteiger charge is -2.40. The third-order valence-electron chi connectivity index (χ3n) is 4.87. The van der Waals surface area contributed by atoms with Crippen LogP contribution in [0.3, 0.4) is 0 Å². The molecule has 2 N–H and O–H groups in total. The number of aryl methyl sites for hydroxylation is 1. The van der Waals surface area contributed by atoms with Gasteiger partial charge in [-0.3, -0.25) is 4.90 Å². The number of urea groups is 1. The Balaban J connectivity index is 1.67. The number of benzene rings is 1. The summed E-state index contributed by atoms with van der Waals surface area (Å²) in [6.45, 7) is 8.27. The molecule has 2 amide bonds. The summed E-state index contributed by atoms with van der Waals surface area (Å²) in [4.78, 5) is 18.6. The average molecular weight is 373 g/mol. The number of amides is 2. The van der Waals surface area contributed by atoms with Crippen LogP contribution in [0.25, 0.3) is 0 Å². The summed E-state index contributed by atoms with van der Waals surface area (Å²) in [5.41, 5.74) is 1.95. The summed E-state index contributed by atoms with van der Waals surface area (Å²) in [5.74, 6) is 0. The molecule has 1 saturated heterocycles. The standard InChI is InChI=1S/C20H28N4OS/c1-15-6-4-7-17(14-15)22-20(25)21-16(2)19(18-8-5-13-26-18)24-11-9-23(3)10-12-24/h4-8,13-14,16,19H,9-12H2,1-3H3,(H2,21,22,25)/t16-,19-/m1/s1. The van der Waals surface area contributed by atoms with E-state index in [1.165, 1.54) is 4.88 Å². The van der Waals surface area contributed by atoms with Gasteiger partial charge in [-0.1, -0.05) is 18.2 Å². The van der Waals surface area contributed by atoms with Crippen molar-refractivity contribution in [2.75, 3.05) is 38.5 Å². The van der Waals surface area contributed by atoms with E-state index in [0.717, 1.165) is 37.4 Å². The van der Waals surface area contributed by atoms with E-state index in [-0.39, 0.29) is 18.1 Å². The number of hydrogen-bond donors (Lipinski definition) is 2. The van der Waals surface area contributed by atoms with Crippen molar-refractivity contribution in [1.29, 1.82) is 0 Å². The van der Waals surface area contributed by atoms with Gasteiger partial charge in [0.05, 0.1) is 6.04 Å².